The zero-order valence-corrected chi connectivity index (χ0v) is 22.2. The number of benzene rings is 1. The minimum atomic E-state index is 0. The summed E-state index contributed by atoms with van der Waals surface area (Å²) >= 11 is 1.87. The first-order valence-electron chi connectivity index (χ1n) is 10.7. The van der Waals surface area contributed by atoms with Crippen LogP contribution in [-0.4, -0.2) is 57.3 Å². The number of nitrogens with one attached hydrogen (secondary N) is 1. The Kier molecular flexibility index (Phi) is 10.9. The number of thioether (sulfide) groups is 1. The lowest BCUT2D eigenvalue weighted by Gasteiger charge is -2.32. The van der Waals surface area contributed by atoms with Gasteiger partial charge in [0, 0.05) is 26.7 Å². The Balaban J connectivity index is 0.00000341. The molecule has 172 valence electrons. The number of ether oxygens (including phenoxy) is 1. The maximum Gasteiger partial charge on any atom is 0.194 e. The maximum absolute atomic E-state index is 5.81. The largest absolute Gasteiger partial charge is 0.494 e. The van der Waals surface area contributed by atoms with E-state index in [4.69, 9.17) is 9.73 Å². The lowest BCUT2D eigenvalue weighted by Crippen LogP contribution is -2.44. The number of aryl methyl sites for hydroxylation is 1. The van der Waals surface area contributed by atoms with E-state index in [0.717, 1.165) is 74.6 Å². The van der Waals surface area contributed by atoms with Crippen LogP contribution >= 0.6 is 35.7 Å². The number of aliphatic imine (C=N–C) groups is 1. The number of hydrogen-bond donors (Lipinski definition) is 1. The second-order valence-corrected chi connectivity index (χ2v) is 8.57. The topological polar surface area (TPSA) is 67.6 Å². The first-order chi connectivity index (χ1) is 14.6. The highest BCUT2D eigenvalue weighted by molar-refractivity contribution is 14.0. The number of aromatic nitrogens is 3. The van der Waals surface area contributed by atoms with E-state index in [-0.39, 0.29) is 24.0 Å². The molecule has 2 heterocycles. The number of fused-ring (bicyclic) bond motifs is 1. The standard InChI is InChI=1S/C22H34N6OS.HI/c1-5-12-29-20-8-7-19-16-28(11-9-18(19)14-20)22(23-10-6-13-30-4)24-15-21-26-25-17(2)27(21)3;/h7-8,14H,5-6,9-13,15-16H2,1-4H3,(H,23,24);1H. The van der Waals surface area contributed by atoms with Gasteiger partial charge in [-0.25, -0.2) is 4.99 Å². The Morgan fingerprint density at radius 1 is 1.29 bits per heavy atom. The summed E-state index contributed by atoms with van der Waals surface area (Å²) in [6.07, 6.45) is 5.28. The van der Waals surface area contributed by atoms with Gasteiger partial charge < -0.3 is 19.5 Å². The fraction of sp³-hybridized carbons (Fsp3) is 0.591. The van der Waals surface area contributed by atoms with E-state index in [0.29, 0.717) is 6.54 Å². The van der Waals surface area contributed by atoms with E-state index >= 15 is 0 Å². The Morgan fingerprint density at radius 2 is 2.13 bits per heavy atom. The molecule has 1 aromatic carbocycles. The minimum absolute atomic E-state index is 0. The van der Waals surface area contributed by atoms with Gasteiger partial charge >= 0.3 is 0 Å². The molecule has 0 fully saturated rings. The molecule has 1 aromatic heterocycles. The molecule has 31 heavy (non-hydrogen) atoms. The first-order valence-corrected chi connectivity index (χ1v) is 12.1. The zero-order valence-electron chi connectivity index (χ0n) is 19.1. The molecule has 1 aliphatic rings. The van der Waals surface area contributed by atoms with Crippen molar-refractivity contribution in [2.45, 2.75) is 46.2 Å². The molecule has 0 unspecified atom stereocenters. The van der Waals surface area contributed by atoms with E-state index in [1.807, 2.05) is 30.3 Å². The summed E-state index contributed by atoms with van der Waals surface area (Å²) in [6.45, 7) is 8.10. The van der Waals surface area contributed by atoms with Gasteiger partial charge in [0.05, 0.1) is 6.61 Å². The highest BCUT2D eigenvalue weighted by Gasteiger charge is 2.20. The van der Waals surface area contributed by atoms with Crippen molar-refractivity contribution < 1.29 is 4.74 Å². The van der Waals surface area contributed by atoms with Crippen LogP contribution in [0.1, 0.15) is 42.5 Å². The van der Waals surface area contributed by atoms with Crippen molar-refractivity contribution in [2.24, 2.45) is 12.0 Å². The number of rotatable bonds is 9. The van der Waals surface area contributed by atoms with Crippen LogP contribution < -0.4 is 10.1 Å². The molecule has 0 amide bonds. The lowest BCUT2D eigenvalue weighted by molar-refractivity contribution is 0.315. The number of guanidine groups is 1. The Labute approximate surface area is 207 Å². The predicted octanol–water partition coefficient (Wildman–Crippen LogP) is 3.79. The van der Waals surface area contributed by atoms with E-state index in [1.54, 1.807) is 0 Å². The highest BCUT2D eigenvalue weighted by Crippen LogP contribution is 2.24. The minimum Gasteiger partial charge on any atom is -0.494 e. The van der Waals surface area contributed by atoms with Crippen molar-refractivity contribution >= 4 is 41.7 Å². The van der Waals surface area contributed by atoms with E-state index in [1.165, 1.54) is 11.1 Å². The van der Waals surface area contributed by atoms with Gasteiger partial charge in [-0.2, -0.15) is 11.8 Å². The Morgan fingerprint density at radius 3 is 2.84 bits per heavy atom. The van der Waals surface area contributed by atoms with Crippen molar-refractivity contribution in [1.29, 1.82) is 0 Å². The lowest BCUT2D eigenvalue weighted by atomic mass is 9.99. The fourth-order valence-electron chi connectivity index (χ4n) is 3.44. The average Bonchev–Trinajstić information content (AvgIpc) is 3.09. The molecule has 7 nitrogen and oxygen atoms in total. The summed E-state index contributed by atoms with van der Waals surface area (Å²) in [5, 5.41) is 12.0. The Bertz CT molecular complexity index is 857. The molecule has 9 heteroatoms. The normalized spacial score (nSPS) is 13.5. The predicted molar refractivity (Wildman–Crippen MR) is 140 cm³/mol. The van der Waals surface area contributed by atoms with Crippen LogP contribution in [0.15, 0.2) is 23.2 Å². The molecule has 1 aliphatic heterocycles. The van der Waals surface area contributed by atoms with Gasteiger partial charge in [-0.15, -0.1) is 34.2 Å². The van der Waals surface area contributed by atoms with Gasteiger partial charge in [0.15, 0.2) is 11.8 Å². The second kappa shape index (κ2) is 13.1. The molecular weight excluding hydrogens is 523 g/mol. The third-order valence-corrected chi connectivity index (χ3v) is 6.02. The molecule has 0 spiro atoms. The van der Waals surface area contributed by atoms with Crippen LogP contribution in [0.3, 0.4) is 0 Å². The third-order valence-electron chi connectivity index (χ3n) is 5.32. The van der Waals surface area contributed by atoms with Gasteiger partial charge in [-0.1, -0.05) is 13.0 Å². The van der Waals surface area contributed by atoms with Crippen LogP contribution in [0.25, 0.3) is 0 Å². The fourth-order valence-corrected chi connectivity index (χ4v) is 3.87. The number of halogens is 1. The molecule has 0 aliphatic carbocycles. The molecule has 0 radical (unpaired) electrons. The zero-order chi connectivity index (χ0) is 21.3. The highest BCUT2D eigenvalue weighted by atomic mass is 127. The van der Waals surface area contributed by atoms with E-state index < -0.39 is 0 Å². The summed E-state index contributed by atoms with van der Waals surface area (Å²) in [4.78, 5) is 7.24. The molecule has 1 N–H and O–H groups in total. The van der Waals surface area contributed by atoms with Crippen LogP contribution in [0.5, 0.6) is 5.75 Å². The molecular formula is C22H35IN6OS. The third kappa shape index (κ3) is 7.27. The summed E-state index contributed by atoms with van der Waals surface area (Å²) in [6, 6.07) is 6.49. The van der Waals surface area contributed by atoms with Crippen molar-refractivity contribution in [2.75, 3.05) is 31.7 Å². The summed E-state index contributed by atoms with van der Waals surface area (Å²) in [5.41, 5.74) is 2.73. The summed E-state index contributed by atoms with van der Waals surface area (Å²) in [7, 11) is 1.99. The van der Waals surface area contributed by atoms with Gasteiger partial charge in [0.1, 0.15) is 18.1 Å². The van der Waals surface area contributed by atoms with Crippen LogP contribution in [-0.2, 0) is 26.6 Å². The maximum atomic E-state index is 5.81. The average molecular weight is 559 g/mol. The quantitative estimate of drug-likeness (QED) is 0.219. The molecule has 0 bridgehead atoms. The van der Waals surface area contributed by atoms with Crippen molar-refractivity contribution in [1.82, 2.24) is 25.0 Å². The summed E-state index contributed by atoms with van der Waals surface area (Å²) in [5.74, 6) is 4.86. The van der Waals surface area contributed by atoms with Crippen LogP contribution in [0.4, 0.5) is 0 Å². The van der Waals surface area contributed by atoms with Crippen LogP contribution in [0, 0.1) is 6.92 Å². The molecule has 2 aromatic rings. The van der Waals surface area contributed by atoms with E-state index in [9.17, 15) is 0 Å². The molecule has 0 saturated heterocycles. The van der Waals surface area contributed by atoms with Crippen LogP contribution in [0.2, 0.25) is 0 Å². The second-order valence-electron chi connectivity index (χ2n) is 7.59. The van der Waals surface area contributed by atoms with Crippen molar-refractivity contribution in [3.05, 3.63) is 41.0 Å². The Hall–Kier alpha value is -1.49. The van der Waals surface area contributed by atoms with Crippen molar-refractivity contribution in [3.63, 3.8) is 0 Å². The first kappa shape index (κ1) is 25.8. The molecule has 3 rings (SSSR count). The smallest absolute Gasteiger partial charge is 0.194 e. The SMILES string of the molecule is CCCOc1ccc2c(c1)CCN(C(=NCc1nnc(C)n1C)NCCCSC)C2.I. The van der Waals surface area contributed by atoms with Gasteiger partial charge in [0.2, 0.25) is 0 Å². The van der Waals surface area contributed by atoms with Gasteiger partial charge in [0.25, 0.3) is 0 Å². The molecule has 0 saturated carbocycles. The van der Waals surface area contributed by atoms with Gasteiger partial charge in [-0.05, 0) is 61.5 Å². The van der Waals surface area contributed by atoms with E-state index in [2.05, 4.69) is 51.8 Å². The summed E-state index contributed by atoms with van der Waals surface area (Å²) < 4.78 is 7.80. The number of nitrogens with zero attached hydrogens (tertiary/aromatic N) is 5. The number of hydrogen-bond acceptors (Lipinski definition) is 5. The van der Waals surface area contributed by atoms with Crippen molar-refractivity contribution in [3.8, 4) is 5.75 Å². The monoisotopic (exact) mass is 558 g/mol. The van der Waals surface area contributed by atoms with Gasteiger partial charge in [-0.3, -0.25) is 0 Å². The molecule has 0 atom stereocenters.